The number of benzene rings is 1. The molecule has 0 saturated carbocycles. The van der Waals surface area contributed by atoms with Gasteiger partial charge in [-0.2, -0.15) is 0 Å². The Balaban J connectivity index is 2.00. The molecule has 1 aromatic carbocycles. The smallest absolute Gasteiger partial charge is 0.244 e. The molecule has 0 bridgehead atoms. The van der Waals surface area contributed by atoms with E-state index in [4.69, 9.17) is 4.42 Å². The lowest BCUT2D eigenvalue weighted by molar-refractivity contribution is -0.116. The van der Waals surface area contributed by atoms with Gasteiger partial charge in [0.1, 0.15) is 5.76 Å². The first-order valence-electron chi connectivity index (χ1n) is 7.47. The lowest BCUT2D eigenvalue weighted by atomic mass is 10.2. The fourth-order valence-corrected chi connectivity index (χ4v) is 2.92. The first-order valence-corrected chi connectivity index (χ1v) is 8.96. The summed E-state index contributed by atoms with van der Waals surface area (Å²) in [5.74, 6) is 0.344. The SMILES string of the molecule is CC(C)NC(=O)/C=C/c1ccc(S(=O)(=O)NCc2ccco2)cc1. The highest BCUT2D eigenvalue weighted by Crippen LogP contribution is 2.12. The molecule has 0 radical (unpaired) electrons. The number of sulfonamides is 1. The minimum Gasteiger partial charge on any atom is -0.468 e. The van der Waals surface area contributed by atoms with E-state index in [9.17, 15) is 13.2 Å². The third-order valence-corrected chi connectivity index (χ3v) is 4.48. The van der Waals surface area contributed by atoms with Gasteiger partial charge < -0.3 is 9.73 Å². The molecule has 1 amide bonds. The lowest BCUT2D eigenvalue weighted by Crippen LogP contribution is -2.28. The Bertz CT molecular complexity index is 792. The maximum absolute atomic E-state index is 12.2. The summed E-state index contributed by atoms with van der Waals surface area (Å²) in [6, 6.07) is 9.71. The number of hydrogen-bond donors (Lipinski definition) is 2. The van der Waals surface area contributed by atoms with Crippen molar-refractivity contribution in [2.24, 2.45) is 0 Å². The first kappa shape index (κ1) is 18.0. The number of carbonyl (C=O) groups is 1. The van der Waals surface area contributed by atoms with E-state index < -0.39 is 10.0 Å². The molecule has 128 valence electrons. The van der Waals surface area contributed by atoms with Crippen LogP contribution in [0.2, 0.25) is 0 Å². The van der Waals surface area contributed by atoms with Gasteiger partial charge >= 0.3 is 0 Å². The van der Waals surface area contributed by atoms with Gasteiger partial charge in [-0.1, -0.05) is 12.1 Å². The number of hydrogen-bond acceptors (Lipinski definition) is 4. The van der Waals surface area contributed by atoms with E-state index in [1.165, 1.54) is 24.5 Å². The Labute approximate surface area is 141 Å². The summed E-state index contributed by atoms with van der Waals surface area (Å²) in [7, 11) is -3.61. The maximum atomic E-state index is 12.2. The average molecular weight is 348 g/mol. The summed E-state index contributed by atoms with van der Waals surface area (Å²) in [5.41, 5.74) is 0.735. The van der Waals surface area contributed by atoms with Gasteiger partial charge in [-0.15, -0.1) is 0 Å². The number of carbonyl (C=O) groups excluding carboxylic acids is 1. The lowest BCUT2D eigenvalue weighted by Gasteiger charge is -2.06. The molecule has 0 aliphatic heterocycles. The zero-order valence-electron chi connectivity index (χ0n) is 13.5. The normalized spacial score (nSPS) is 12.0. The van der Waals surface area contributed by atoms with Crippen LogP contribution in [0.3, 0.4) is 0 Å². The molecule has 0 aliphatic carbocycles. The van der Waals surface area contributed by atoms with Gasteiger partial charge in [-0.05, 0) is 49.8 Å². The van der Waals surface area contributed by atoms with Crippen LogP contribution in [0.4, 0.5) is 0 Å². The molecule has 0 aliphatic rings. The highest BCUT2D eigenvalue weighted by Gasteiger charge is 2.13. The van der Waals surface area contributed by atoms with Crippen molar-refractivity contribution in [3.05, 3.63) is 60.1 Å². The summed E-state index contributed by atoms with van der Waals surface area (Å²) in [5, 5.41) is 2.74. The molecule has 24 heavy (non-hydrogen) atoms. The van der Waals surface area contributed by atoms with Crippen LogP contribution in [0.25, 0.3) is 6.08 Å². The van der Waals surface area contributed by atoms with Crippen LogP contribution in [0, 0.1) is 0 Å². The quantitative estimate of drug-likeness (QED) is 0.752. The van der Waals surface area contributed by atoms with Gasteiger partial charge in [0, 0.05) is 12.1 Å². The first-order chi connectivity index (χ1) is 11.4. The van der Waals surface area contributed by atoms with Crippen molar-refractivity contribution in [2.75, 3.05) is 0 Å². The predicted octanol–water partition coefficient (Wildman–Crippen LogP) is 2.30. The molecule has 1 heterocycles. The van der Waals surface area contributed by atoms with Crippen molar-refractivity contribution in [1.29, 1.82) is 0 Å². The topological polar surface area (TPSA) is 88.4 Å². The van der Waals surface area contributed by atoms with E-state index in [2.05, 4.69) is 10.0 Å². The zero-order chi connectivity index (χ0) is 17.6. The van der Waals surface area contributed by atoms with Gasteiger partial charge in [0.2, 0.25) is 15.9 Å². The van der Waals surface area contributed by atoms with Crippen molar-refractivity contribution in [3.8, 4) is 0 Å². The molecule has 0 saturated heterocycles. The molecule has 0 fully saturated rings. The van der Waals surface area contributed by atoms with Gasteiger partial charge in [0.15, 0.2) is 0 Å². The number of nitrogens with one attached hydrogen (secondary N) is 2. The number of furan rings is 1. The van der Waals surface area contributed by atoms with Crippen molar-refractivity contribution in [1.82, 2.24) is 10.0 Å². The van der Waals surface area contributed by atoms with Gasteiger partial charge in [-0.3, -0.25) is 4.79 Å². The second kappa shape index (κ2) is 7.94. The Morgan fingerprint density at radius 2 is 1.92 bits per heavy atom. The van der Waals surface area contributed by atoms with Crippen LogP contribution in [0.5, 0.6) is 0 Å². The third-order valence-electron chi connectivity index (χ3n) is 3.07. The molecule has 6 nitrogen and oxygen atoms in total. The molecule has 2 N–H and O–H groups in total. The second-order valence-electron chi connectivity index (χ2n) is 5.47. The fourth-order valence-electron chi connectivity index (χ4n) is 1.93. The molecule has 2 aromatic rings. The van der Waals surface area contributed by atoms with Crippen LogP contribution in [-0.2, 0) is 21.4 Å². The average Bonchev–Trinajstić information content (AvgIpc) is 3.04. The third kappa shape index (κ3) is 5.36. The highest BCUT2D eigenvalue weighted by molar-refractivity contribution is 7.89. The predicted molar refractivity (Wildman–Crippen MR) is 91.5 cm³/mol. The number of rotatable bonds is 7. The second-order valence-corrected chi connectivity index (χ2v) is 7.24. The minimum atomic E-state index is -3.61. The molecule has 1 aromatic heterocycles. The van der Waals surface area contributed by atoms with E-state index in [1.54, 1.807) is 30.3 Å². The van der Waals surface area contributed by atoms with Crippen LogP contribution >= 0.6 is 0 Å². The summed E-state index contributed by atoms with van der Waals surface area (Å²) in [4.78, 5) is 11.7. The molecule has 0 unspecified atom stereocenters. The molecular formula is C17H20N2O4S. The Morgan fingerprint density at radius 1 is 1.21 bits per heavy atom. The van der Waals surface area contributed by atoms with Crippen LogP contribution in [0.1, 0.15) is 25.2 Å². The largest absolute Gasteiger partial charge is 0.468 e. The van der Waals surface area contributed by atoms with E-state index in [-0.39, 0.29) is 23.4 Å². The monoisotopic (exact) mass is 348 g/mol. The van der Waals surface area contributed by atoms with Gasteiger partial charge in [-0.25, -0.2) is 13.1 Å². The van der Waals surface area contributed by atoms with E-state index in [0.717, 1.165) is 5.56 Å². The van der Waals surface area contributed by atoms with Gasteiger partial charge in [0.05, 0.1) is 17.7 Å². The van der Waals surface area contributed by atoms with Crippen molar-refractivity contribution in [2.45, 2.75) is 31.3 Å². The van der Waals surface area contributed by atoms with Crippen LogP contribution in [0.15, 0.2) is 58.1 Å². The van der Waals surface area contributed by atoms with Crippen molar-refractivity contribution < 1.29 is 17.6 Å². The molecular weight excluding hydrogens is 328 g/mol. The van der Waals surface area contributed by atoms with Crippen molar-refractivity contribution >= 4 is 22.0 Å². The Hall–Kier alpha value is -2.38. The fraction of sp³-hybridized carbons (Fsp3) is 0.235. The van der Waals surface area contributed by atoms with Crippen LogP contribution < -0.4 is 10.0 Å². The number of amides is 1. The maximum Gasteiger partial charge on any atom is 0.244 e. The standard InChI is InChI=1S/C17H20N2O4S/c1-13(2)19-17(20)10-7-14-5-8-16(9-6-14)24(21,22)18-12-15-4-3-11-23-15/h3-11,13,18H,12H2,1-2H3,(H,19,20)/b10-7+. The summed E-state index contributed by atoms with van der Waals surface area (Å²) in [6.45, 7) is 3.84. The van der Waals surface area contributed by atoms with E-state index in [0.29, 0.717) is 5.76 Å². The molecule has 0 spiro atoms. The van der Waals surface area contributed by atoms with Crippen molar-refractivity contribution in [3.63, 3.8) is 0 Å². The Kier molecular flexibility index (Phi) is 5.94. The molecule has 7 heteroatoms. The highest BCUT2D eigenvalue weighted by atomic mass is 32.2. The summed E-state index contributed by atoms with van der Waals surface area (Å²) >= 11 is 0. The molecule has 2 rings (SSSR count). The zero-order valence-corrected chi connectivity index (χ0v) is 14.3. The minimum absolute atomic E-state index is 0.0647. The van der Waals surface area contributed by atoms with E-state index >= 15 is 0 Å². The van der Waals surface area contributed by atoms with E-state index in [1.807, 2.05) is 13.8 Å². The summed E-state index contributed by atoms with van der Waals surface area (Å²) in [6.07, 6.45) is 4.53. The van der Waals surface area contributed by atoms with Crippen LogP contribution in [-0.4, -0.2) is 20.4 Å². The Morgan fingerprint density at radius 3 is 2.50 bits per heavy atom. The molecule has 0 atom stereocenters. The summed E-state index contributed by atoms with van der Waals surface area (Å²) < 4.78 is 31.9. The van der Waals surface area contributed by atoms with Gasteiger partial charge in [0.25, 0.3) is 0 Å².